The predicted octanol–water partition coefficient (Wildman–Crippen LogP) is 3.32. The average molecular weight is 421 g/mol. The van der Waals surface area contributed by atoms with Crippen LogP contribution in [0.4, 0.5) is 5.69 Å². The maximum absolute atomic E-state index is 12.1. The summed E-state index contributed by atoms with van der Waals surface area (Å²) in [6, 6.07) is 11.8. The van der Waals surface area contributed by atoms with Crippen LogP contribution in [0.15, 0.2) is 42.6 Å². The van der Waals surface area contributed by atoms with E-state index in [9.17, 15) is 14.4 Å². The molecule has 0 fully saturated rings. The standard InChI is InChI=1S/C24H27N3O4/c1-15-10-16(2)24(17(3)11-15)27-21(28)13-26-22(29)14-31-23(30)9-8-18-12-25-20-7-5-4-6-19(18)20/h4-7,10-12,25H,8-9,13-14H2,1-3H3,(H,26,29)(H,27,28). The number of fused-ring (bicyclic) bond motifs is 1. The normalized spacial score (nSPS) is 10.7. The van der Waals surface area contributed by atoms with Gasteiger partial charge in [-0.3, -0.25) is 14.4 Å². The number of H-pyrrole nitrogens is 1. The Bertz CT molecular complexity index is 1090. The molecule has 0 saturated heterocycles. The minimum Gasteiger partial charge on any atom is -0.456 e. The summed E-state index contributed by atoms with van der Waals surface area (Å²) in [5.41, 5.74) is 5.82. The fraction of sp³-hybridized carbons (Fsp3) is 0.292. The number of hydrogen-bond donors (Lipinski definition) is 3. The second-order valence-electron chi connectivity index (χ2n) is 7.62. The van der Waals surface area contributed by atoms with Crippen molar-refractivity contribution >= 4 is 34.4 Å². The van der Waals surface area contributed by atoms with Gasteiger partial charge in [-0.15, -0.1) is 0 Å². The molecule has 0 spiro atoms. The van der Waals surface area contributed by atoms with Gasteiger partial charge in [-0.1, -0.05) is 35.9 Å². The van der Waals surface area contributed by atoms with Crippen molar-refractivity contribution < 1.29 is 19.1 Å². The van der Waals surface area contributed by atoms with E-state index in [4.69, 9.17) is 4.74 Å². The molecule has 7 heteroatoms. The molecule has 2 amide bonds. The minimum absolute atomic E-state index is 0.168. The molecular weight excluding hydrogens is 394 g/mol. The number of rotatable bonds is 8. The van der Waals surface area contributed by atoms with E-state index in [0.717, 1.165) is 38.8 Å². The van der Waals surface area contributed by atoms with Gasteiger partial charge in [0.15, 0.2) is 6.61 Å². The molecule has 0 aliphatic carbocycles. The van der Waals surface area contributed by atoms with Crippen molar-refractivity contribution in [2.75, 3.05) is 18.5 Å². The second-order valence-corrected chi connectivity index (χ2v) is 7.62. The Morgan fingerprint density at radius 2 is 1.71 bits per heavy atom. The largest absolute Gasteiger partial charge is 0.456 e. The summed E-state index contributed by atoms with van der Waals surface area (Å²) in [4.78, 5) is 39.2. The first-order valence-electron chi connectivity index (χ1n) is 10.2. The Morgan fingerprint density at radius 1 is 1.00 bits per heavy atom. The zero-order valence-corrected chi connectivity index (χ0v) is 18.0. The van der Waals surface area contributed by atoms with Crippen molar-refractivity contribution in [3.63, 3.8) is 0 Å². The first-order chi connectivity index (χ1) is 14.8. The van der Waals surface area contributed by atoms with E-state index in [0.29, 0.717) is 6.42 Å². The summed E-state index contributed by atoms with van der Waals surface area (Å²) < 4.78 is 5.02. The van der Waals surface area contributed by atoms with Gasteiger partial charge in [0.05, 0.1) is 6.54 Å². The van der Waals surface area contributed by atoms with Gasteiger partial charge in [0.25, 0.3) is 5.91 Å². The zero-order valence-electron chi connectivity index (χ0n) is 18.0. The van der Waals surface area contributed by atoms with Gasteiger partial charge in [-0.2, -0.15) is 0 Å². The topological polar surface area (TPSA) is 100 Å². The van der Waals surface area contributed by atoms with Crippen molar-refractivity contribution in [3.8, 4) is 0 Å². The molecule has 1 aromatic heterocycles. The first kappa shape index (κ1) is 22.1. The minimum atomic E-state index is -0.520. The molecule has 0 aliphatic rings. The molecule has 3 aromatic rings. The van der Waals surface area contributed by atoms with Crippen molar-refractivity contribution in [2.45, 2.75) is 33.6 Å². The molecule has 0 bridgehead atoms. The van der Waals surface area contributed by atoms with Crippen LogP contribution in [-0.2, 0) is 25.5 Å². The maximum atomic E-state index is 12.1. The maximum Gasteiger partial charge on any atom is 0.306 e. The molecule has 1 heterocycles. The number of ether oxygens (including phenoxy) is 1. The molecule has 3 N–H and O–H groups in total. The lowest BCUT2D eigenvalue weighted by Crippen LogP contribution is -2.35. The number of aryl methyl sites for hydroxylation is 4. The lowest BCUT2D eigenvalue weighted by Gasteiger charge is -2.13. The molecule has 0 atom stereocenters. The van der Waals surface area contributed by atoms with Gasteiger partial charge in [-0.05, 0) is 49.9 Å². The van der Waals surface area contributed by atoms with Crippen LogP contribution < -0.4 is 10.6 Å². The van der Waals surface area contributed by atoms with Crippen LogP contribution in [0, 0.1) is 20.8 Å². The number of nitrogens with one attached hydrogen (secondary N) is 3. The fourth-order valence-electron chi connectivity index (χ4n) is 3.58. The van der Waals surface area contributed by atoms with E-state index >= 15 is 0 Å². The highest BCUT2D eigenvalue weighted by Gasteiger charge is 2.12. The summed E-state index contributed by atoms with van der Waals surface area (Å²) >= 11 is 0. The highest BCUT2D eigenvalue weighted by atomic mass is 16.5. The predicted molar refractivity (Wildman–Crippen MR) is 120 cm³/mol. The molecule has 162 valence electrons. The molecule has 2 aromatic carbocycles. The second kappa shape index (κ2) is 9.93. The number of esters is 1. The third kappa shape index (κ3) is 5.94. The van der Waals surface area contributed by atoms with Gasteiger partial charge in [0.1, 0.15) is 0 Å². The van der Waals surface area contributed by atoms with E-state index in [1.54, 1.807) is 0 Å². The molecule has 31 heavy (non-hydrogen) atoms. The lowest BCUT2D eigenvalue weighted by atomic mass is 10.1. The van der Waals surface area contributed by atoms with E-state index in [2.05, 4.69) is 15.6 Å². The Balaban J connectivity index is 1.39. The Labute approximate surface area is 181 Å². The number of amides is 2. The van der Waals surface area contributed by atoms with E-state index in [1.165, 1.54) is 0 Å². The molecule has 0 aliphatic heterocycles. The molecular formula is C24H27N3O4. The van der Waals surface area contributed by atoms with Gasteiger partial charge < -0.3 is 20.4 Å². The first-order valence-corrected chi connectivity index (χ1v) is 10.2. The van der Waals surface area contributed by atoms with Crippen LogP contribution in [0.3, 0.4) is 0 Å². The van der Waals surface area contributed by atoms with Crippen LogP contribution in [0.5, 0.6) is 0 Å². The summed E-state index contributed by atoms with van der Waals surface area (Å²) in [5.74, 6) is -1.32. The highest BCUT2D eigenvalue weighted by Crippen LogP contribution is 2.21. The van der Waals surface area contributed by atoms with Crippen LogP contribution >= 0.6 is 0 Å². The zero-order chi connectivity index (χ0) is 22.4. The Morgan fingerprint density at radius 3 is 2.45 bits per heavy atom. The van der Waals surface area contributed by atoms with Crippen molar-refractivity contribution in [1.29, 1.82) is 0 Å². The number of para-hydroxylation sites is 1. The van der Waals surface area contributed by atoms with Gasteiger partial charge in [0.2, 0.25) is 5.91 Å². The number of benzene rings is 2. The van der Waals surface area contributed by atoms with Crippen molar-refractivity contribution in [3.05, 3.63) is 64.8 Å². The average Bonchev–Trinajstić information content (AvgIpc) is 3.15. The molecule has 7 nitrogen and oxygen atoms in total. The number of carbonyl (C=O) groups is 3. The smallest absolute Gasteiger partial charge is 0.306 e. The quantitative estimate of drug-likeness (QED) is 0.486. The number of aromatic amines is 1. The third-order valence-electron chi connectivity index (χ3n) is 5.03. The van der Waals surface area contributed by atoms with Crippen LogP contribution in [0.2, 0.25) is 0 Å². The molecule has 0 unspecified atom stereocenters. The summed E-state index contributed by atoms with van der Waals surface area (Å²) in [7, 11) is 0. The van der Waals surface area contributed by atoms with Crippen molar-refractivity contribution in [1.82, 2.24) is 10.3 Å². The fourth-order valence-corrected chi connectivity index (χ4v) is 3.58. The summed E-state index contributed by atoms with van der Waals surface area (Å²) in [5, 5.41) is 6.35. The SMILES string of the molecule is Cc1cc(C)c(NC(=O)CNC(=O)COC(=O)CCc2c[nH]c3ccccc23)c(C)c1. The Kier molecular flexibility index (Phi) is 7.07. The van der Waals surface area contributed by atoms with Crippen LogP contribution in [0.25, 0.3) is 10.9 Å². The van der Waals surface area contributed by atoms with Crippen LogP contribution in [-0.4, -0.2) is 35.9 Å². The molecule has 0 saturated carbocycles. The highest BCUT2D eigenvalue weighted by molar-refractivity contribution is 5.96. The summed E-state index contributed by atoms with van der Waals surface area (Å²) in [6.45, 7) is 5.22. The van der Waals surface area contributed by atoms with Gasteiger partial charge in [-0.25, -0.2) is 0 Å². The third-order valence-corrected chi connectivity index (χ3v) is 5.03. The lowest BCUT2D eigenvalue weighted by molar-refractivity contribution is -0.148. The molecule has 3 rings (SSSR count). The van der Waals surface area contributed by atoms with Crippen LogP contribution in [0.1, 0.15) is 28.7 Å². The number of carbonyl (C=O) groups excluding carboxylic acids is 3. The Hall–Kier alpha value is -3.61. The number of anilines is 1. The monoisotopic (exact) mass is 421 g/mol. The van der Waals surface area contributed by atoms with E-state index in [1.807, 2.05) is 63.4 Å². The van der Waals surface area contributed by atoms with Gasteiger partial charge in [0, 0.05) is 29.2 Å². The molecule has 0 radical (unpaired) electrons. The van der Waals surface area contributed by atoms with E-state index < -0.39 is 18.5 Å². The van der Waals surface area contributed by atoms with Crippen molar-refractivity contribution in [2.24, 2.45) is 0 Å². The number of aromatic nitrogens is 1. The van der Waals surface area contributed by atoms with Gasteiger partial charge >= 0.3 is 5.97 Å². The summed E-state index contributed by atoms with van der Waals surface area (Å²) in [6.07, 6.45) is 2.56. The van der Waals surface area contributed by atoms with E-state index in [-0.39, 0.29) is 18.9 Å². The number of hydrogen-bond acceptors (Lipinski definition) is 4.